The lowest BCUT2D eigenvalue weighted by Crippen LogP contribution is -2.26. The Labute approximate surface area is 205 Å². The van der Waals surface area contributed by atoms with E-state index in [4.69, 9.17) is 15.4 Å². The van der Waals surface area contributed by atoms with E-state index in [1.807, 2.05) is 20.8 Å². The highest BCUT2D eigenvalue weighted by molar-refractivity contribution is 6.00. The quantitative estimate of drug-likeness (QED) is 0.433. The summed E-state index contributed by atoms with van der Waals surface area (Å²) in [7, 11) is 0. The molecular weight excluding hydrogens is 468 g/mol. The molecule has 188 valence electrons. The summed E-state index contributed by atoms with van der Waals surface area (Å²) in [6, 6.07) is 0. The summed E-state index contributed by atoms with van der Waals surface area (Å²) < 4.78 is 35.6. The maximum atomic E-state index is 14.2. The minimum Gasteiger partial charge on any atom is -0.383 e. The zero-order chi connectivity index (χ0) is 25.2. The number of halogens is 2. The molecule has 1 saturated carbocycles. The first kappa shape index (κ1) is 22.9. The first-order chi connectivity index (χ1) is 17.1. The van der Waals surface area contributed by atoms with Gasteiger partial charge in [-0.15, -0.1) is 0 Å². The zero-order valence-electron chi connectivity index (χ0n) is 20.3. The topological polar surface area (TPSA) is 133 Å². The average molecular weight is 496 g/mol. The van der Waals surface area contributed by atoms with Crippen molar-refractivity contribution in [2.75, 3.05) is 18.8 Å². The number of nitrogens with one attached hydrogen (secondary N) is 1. The van der Waals surface area contributed by atoms with Crippen LogP contribution in [0.25, 0.3) is 33.8 Å². The summed E-state index contributed by atoms with van der Waals surface area (Å²) in [5.74, 6) is -3.08. The van der Waals surface area contributed by atoms with Crippen LogP contribution in [0.3, 0.4) is 0 Å². The highest BCUT2D eigenvalue weighted by Gasteiger charge is 2.61. The van der Waals surface area contributed by atoms with Gasteiger partial charge in [0.05, 0.1) is 22.4 Å². The standard InChI is InChI=1S/C24H27F2N9O/c1-23(2,3)35-22-16(20(27)31-11-32-22)17(33-35)18-15(19(36-34-18)14-8-24(14,25)26)21-29-9-13(10-30-21)12-4-6-28-7-5-12/h9-12,14,28H,4-8H2,1-3H3,(H2,27,31,32). The Bertz CT molecular complexity index is 1430. The number of alkyl halides is 2. The first-order valence-electron chi connectivity index (χ1n) is 12.1. The Balaban J connectivity index is 1.53. The van der Waals surface area contributed by atoms with E-state index in [0.717, 1.165) is 31.5 Å². The lowest BCUT2D eigenvalue weighted by molar-refractivity contribution is 0.107. The molecule has 1 saturated heterocycles. The summed E-state index contributed by atoms with van der Waals surface area (Å²) in [5, 5.41) is 12.8. The molecule has 0 aromatic carbocycles. The summed E-state index contributed by atoms with van der Waals surface area (Å²) >= 11 is 0. The van der Waals surface area contributed by atoms with E-state index in [1.165, 1.54) is 6.33 Å². The van der Waals surface area contributed by atoms with Gasteiger partial charge in [-0.25, -0.2) is 33.4 Å². The third-order valence-corrected chi connectivity index (χ3v) is 6.92. The van der Waals surface area contributed by atoms with Crippen molar-refractivity contribution in [2.45, 2.75) is 63.3 Å². The molecule has 1 aliphatic heterocycles. The van der Waals surface area contributed by atoms with Crippen molar-refractivity contribution in [1.29, 1.82) is 0 Å². The second-order valence-electron chi connectivity index (χ2n) is 10.5. The Morgan fingerprint density at radius 1 is 1.08 bits per heavy atom. The van der Waals surface area contributed by atoms with Crippen molar-refractivity contribution in [3.05, 3.63) is 30.0 Å². The van der Waals surface area contributed by atoms with Gasteiger partial charge in [-0.1, -0.05) is 5.16 Å². The molecule has 4 aromatic rings. The van der Waals surface area contributed by atoms with Crippen LogP contribution >= 0.6 is 0 Å². The first-order valence-corrected chi connectivity index (χ1v) is 12.1. The van der Waals surface area contributed by atoms with Crippen LogP contribution in [-0.2, 0) is 5.54 Å². The van der Waals surface area contributed by atoms with Crippen molar-refractivity contribution in [2.24, 2.45) is 0 Å². The highest BCUT2D eigenvalue weighted by Crippen LogP contribution is 2.58. The molecule has 4 aromatic heterocycles. The van der Waals surface area contributed by atoms with Crippen LogP contribution in [0.15, 0.2) is 23.2 Å². The normalized spacial score (nSPS) is 20.2. The predicted octanol–water partition coefficient (Wildman–Crippen LogP) is 3.87. The summed E-state index contributed by atoms with van der Waals surface area (Å²) in [6.07, 6.45) is 6.59. The fraction of sp³-hybridized carbons (Fsp3) is 0.500. The largest absolute Gasteiger partial charge is 0.383 e. The van der Waals surface area contributed by atoms with Gasteiger partial charge in [0.1, 0.15) is 23.5 Å². The van der Waals surface area contributed by atoms with Crippen LogP contribution in [0.1, 0.15) is 63.2 Å². The van der Waals surface area contributed by atoms with Crippen LogP contribution in [-0.4, -0.2) is 53.9 Å². The van der Waals surface area contributed by atoms with Crippen molar-refractivity contribution in [1.82, 2.24) is 40.2 Å². The van der Waals surface area contributed by atoms with E-state index in [0.29, 0.717) is 28.2 Å². The summed E-state index contributed by atoms with van der Waals surface area (Å²) in [5.41, 5.74) is 8.24. The average Bonchev–Trinajstić information content (AvgIpc) is 3.18. The van der Waals surface area contributed by atoms with Crippen LogP contribution in [0, 0.1) is 0 Å². The third-order valence-electron chi connectivity index (χ3n) is 6.92. The predicted molar refractivity (Wildman–Crippen MR) is 128 cm³/mol. The molecule has 1 aliphatic carbocycles. The van der Waals surface area contributed by atoms with Gasteiger partial charge in [-0.05, 0) is 58.2 Å². The number of nitrogen functional groups attached to an aromatic ring is 1. The molecule has 6 rings (SSSR count). The SMILES string of the molecule is CC(C)(C)n1nc(-c2noc(C3CC3(F)F)c2-c2ncc(C3CCNCC3)cn2)c2c(N)ncnc21. The third kappa shape index (κ3) is 3.71. The summed E-state index contributed by atoms with van der Waals surface area (Å²) in [4.78, 5) is 17.7. The van der Waals surface area contributed by atoms with Gasteiger partial charge >= 0.3 is 0 Å². The van der Waals surface area contributed by atoms with Gasteiger partial charge in [-0.2, -0.15) is 5.10 Å². The zero-order valence-corrected chi connectivity index (χ0v) is 20.3. The number of hydrogen-bond acceptors (Lipinski definition) is 9. The molecule has 10 nitrogen and oxygen atoms in total. The van der Waals surface area contributed by atoms with Crippen molar-refractivity contribution < 1.29 is 13.3 Å². The maximum absolute atomic E-state index is 14.2. The van der Waals surface area contributed by atoms with E-state index in [-0.39, 0.29) is 29.5 Å². The molecule has 12 heteroatoms. The van der Waals surface area contributed by atoms with Crippen molar-refractivity contribution in [3.63, 3.8) is 0 Å². The molecule has 0 amide bonds. The van der Waals surface area contributed by atoms with E-state index in [9.17, 15) is 8.78 Å². The van der Waals surface area contributed by atoms with E-state index < -0.39 is 17.4 Å². The fourth-order valence-electron chi connectivity index (χ4n) is 4.86. The number of nitrogens with two attached hydrogens (primary N) is 1. The van der Waals surface area contributed by atoms with Crippen molar-refractivity contribution in [3.8, 4) is 22.8 Å². The molecule has 0 spiro atoms. The van der Waals surface area contributed by atoms with Gasteiger partial charge in [0.15, 0.2) is 17.2 Å². The molecule has 1 atom stereocenters. The Morgan fingerprint density at radius 2 is 1.78 bits per heavy atom. The lowest BCUT2D eigenvalue weighted by Gasteiger charge is -2.22. The minimum absolute atomic E-state index is 0.0542. The van der Waals surface area contributed by atoms with Crippen LogP contribution in [0.4, 0.5) is 14.6 Å². The van der Waals surface area contributed by atoms with Gasteiger partial charge < -0.3 is 15.6 Å². The van der Waals surface area contributed by atoms with Crippen LogP contribution < -0.4 is 11.1 Å². The number of nitrogens with zero attached hydrogens (tertiary/aromatic N) is 7. The lowest BCUT2D eigenvalue weighted by atomic mass is 9.92. The van der Waals surface area contributed by atoms with Crippen LogP contribution in [0.2, 0.25) is 0 Å². The summed E-state index contributed by atoms with van der Waals surface area (Å²) in [6.45, 7) is 7.81. The molecule has 2 aliphatic rings. The van der Waals surface area contributed by atoms with Gasteiger partial charge in [-0.3, -0.25) is 0 Å². The van der Waals surface area contributed by atoms with E-state index >= 15 is 0 Å². The van der Waals surface area contributed by atoms with Crippen LogP contribution in [0.5, 0.6) is 0 Å². The van der Waals surface area contributed by atoms with E-state index in [2.05, 4.69) is 30.4 Å². The Morgan fingerprint density at radius 3 is 2.42 bits per heavy atom. The Kier molecular flexibility index (Phi) is 5.08. The molecule has 5 heterocycles. The highest BCUT2D eigenvalue weighted by atomic mass is 19.3. The second kappa shape index (κ2) is 7.99. The molecule has 0 bridgehead atoms. The minimum atomic E-state index is -2.87. The maximum Gasteiger partial charge on any atom is 0.259 e. The number of rotatable bonds is 4. The number of piperidine rings is 1. The number of aromatic nitrogens is 7. The molecule has 36 heavy (non-hydrogen) atoms. The molecule has 3 N–H and O–H groups in total. The molecule has 2 fully saturated rings. The smallest absolute Gasteiger partial charge is 0.259 e. The number of hydrogen-bond donors (Lipinski definition) is 2. The second-order valence-corrected chi connectivity index (χ2v) is 10.5. The van der Waals surface area contributed by atoms with Crippen molar-refractivity contribution >= 4 is 16.9 Å². The van der Waals surface area contributed by atoms with Gasteiger partial charge in [0.2, 0.25) is 0 Å². The monoisotopic (exact) mass is 495 g/mol. The molecular formula is C24H27F2N9O. The number of anilines is 1. The van der Waals surface area contributed by atoms with E-state index in [1.54, 1.807) is 17.1 Å². The fourth-order valence-corrected chi connectivity index (χ4v) is 4.86. The van der Waals surface area contributed by atoms with Gasteiger partial charge in [0, 0.05) is 18.8 Å². The Hall–Kier alpha value is -3.54. The number of fused-ring (bicyclic) bond motifs is 1. The van der Waals surface area contributed by atoms with Gasteiger partial charge in [0.25, 0.3) is 5.92 Å². The molecule has 1 unspecified atom stereocenters. The molecule has 0 radical (unpaired) electrons.